The second-order valence-electron chi connectivity index (χ2n) is 9.65. The molecular weight excluding hydrogens is 534 g/mol. The van der Waals surface area contributed by atoms with Crippen LogP contribution < -0.4 is 9.62 Å². The highest BCUT2D eigenvalue weighted by Crippen LogP contribution is 2.29. The molecule has 0 unspecified atom stereocenters. The molecule has 0 aliphatic rings. The summed E-state index contributed by atoms with van der Waals surface area (Å²) in [5.41, 5.74) is 2.69. The van der Waals surface area contributed by atoms with Gasteiger partial charge in [0.05, 0.1) is 10.6 Å². The average molecular weight is 570 g/mol. The van der Waals surface area contributed by atoms with Crippen LogP contribution in [0.3, 0.4) is 0 Å². The smallest absolute Gasteiger partial charge is 0.264 e. The number of halogens is 1. The lowest BCUT2D eigenvalue weighted by atomic mass is 10.1. The van der Waals surface area contributed by atoms with Gasteiger partial charge in [-0.2, -0.15) is 0 Å². The molecule has 2 amide bonds. The molecule has 0 radical (unpaired) electrons. The van der Waals surface area contributed by atoms with Crippen LogP contribution in [0.1, 0.15) is 43.9 Å². The van der Waals surface area contributed by atoms with E-state index in [0.717, 1.165) is 21.9 Å². The summed E-state index contributed by atoms with van der Waals surface area (Å²) in [6.07, 6.45) is 0.729. The van der Waals surface area contributed by atoms with E-state index in [4.69, 9.17) is 11.6 Å². The molecule has 0 saturated carbocycles. The maximum absolute atomic E-state index is 14.0. The molecule has 0 aliphatic heterocycles. The Balaban J connectivity index is 2.07. The number of hydrogen-bond acceptors (Lipinski definition) is 4. The number of anilines is 1. The van der Waals surface area contributed by atoms with Crippen molar-refractivity contribution in [3.8, 4) is 0 Å². The molecule has 3 aromatic carbocycles. The number of amides is 2. The number of carbonyl (C=O) groups excluding carboxylic acids is 2. The van der Waals surface area contributed by atoms with Crippen LogP contribution in [0.15, 0.2) is 77.7 Å². The van der Waals surface area contributed by atoms with Gasteiger partial charge in [0.15, 0.2) is 0 Å². The molecule has 0 aromatic heterocycles. The van der Waals surface area contributed by atoms with Crippen molar-refractivity contribution >= 4 is 39.1 Å². The fourth-order valence-electron chi connectivity index (χ4n) is 4.10. The fourth-order valence-corrected chi connectivity index (χ4v) is 5.79. The number of nitrogens with zero attached hydrogens (tertiary/aromatic N) is 2. The molecule has 0 bridgehead atoms. The van der Waals surface area contributed by atoms with E-state index in [2.05, 4.69) is 5.32 Å². The first-order chi connectivity index (χ1) is 18.5. The van der Waals surface area contributed by atoms with E-state index in [1.807, 2.05) is 33.8 Å². The minimum absolute atomic E-state index is 0.0413. The van der Waals surface area contributed by atoms with Gasteiger partial charge in [0.1, 0.15) is 12.6 Å². The Morgan fingerprint density at radius 1 is 0.923 bits per heavy atom. The number of rotatable bonds is 11. The van der Waals surface area contributed by atoms with Gasteiger partial charge >= 0.3 is 0 Å². The van der Waals surface area contributed by atoms with Crippen molar-refractivity contribution in [3.63, 3.8) is 0 Å². The zero-order valence-corrected chi connectivity index (χ0v) is 24.6. The van der Waals surface area contributed by atoms with Crippen molar-refractivity contribution in [1.82, 2.24) is 10.2 Å². The summed E-state index contributed by atoms with van der Waals surface area (Å²) < 4.78 is 29.0. The molecule has 0 saturated heterocycles. The lowest BCUT2D eigenvalue weighted by Crippen LogP contribution is -2.52. The molecule has 0 spiro atoms. The largest absolute Gasteiger partial charge is 0.352 e. The maximum Gasteiger partial charge on any atom is 0.264 e. The Morgan fingerprint density at radius 3 is 2.21 bits per heavy atom. The zero-order valence-electron chi connectivity index (χ0n) is 23.0. The number of nitrogens with one attached hydrogen (secondary N) is 1. The van der Waals surface area contributed by atoms with E-state index in [1.165, 1.54) is 17.0 Å². The molecule has 1 N–H and O–H groups in total. The van der Waals surface area contributed by atoms with Gasteiger partial charge < -0.3 is 10.2 Å². The van der Waals surface area contributed by atoms with Crippen LogP contribution >= 0.6 is 11.6 Å². The number of hydrogen-bond donors (Lipinski definition) is 1. The average Bonchev–Trinajstić information content (AvgIpc) is 2.92. The van der Waals surface area contributed by atoms with Crippen LogP contribution in [0.4, 0.5) is 5.69 Å². The van der Waals surface area contributed by atoms with Gasteiger partial charge in [0.25, 0.3) is 10.0 Å². The third-order valence-electron chi connectivity index (χ3n) is 6.92. The highest BCUT2D eigenvalue weighted by Gasteiger charge is 2.33. The van der Waals surface area contributed by atoms with Crippen LogP contribution in [-0.4, -0.2) is 43.8 Å². The highest BCUT2D eigenvalue weighted by atomic mass is 35.5. The Bertz CT molecular complexity index is 1410. The van der Waals surface area contributed by atoms with Crippen LogP contribution in [0.5, 0.6) is 0 Å². The number of benzene rings is 3. The summed E-state index contributed by atoms with van der Waals surface area (Å²) in [5, 5.41) is 3.38. The second-order valence-corrected chi connectivity index (χ2v) is 11.9. The predicted molar refractivity (Wildman–Crippen MR) is 156 cm³/mol. The summed E-state index contributed by atoms with van der Waals surface area (Å²) in [4.78, 5) is 28.6. The van der Waals surface area contributed by atoms with Crippen molar-refractivity contribution in [2.45, 2.75) is 64.6 Å². The molecular formula is C30H36ClN3O4S. The van der Waals surface area contributed by atoms with Crippen molar-refractivity contribution < 1.29 is 18.0 Å². The first-order valence-electron chi connectivity index (χ1n) is 12.9. The molecule has 3 rings (SSSR count). The van der Waals surface area contributed by atoms with Gasteiger partial charge in [-0.15, -0.1) is 0 Å². The summed E-state index contributed by atoms with van der Waals surface area (Å²) in [6.45, 7) is 8.75. The van der Waals surface area contributed by atoms with Crippen molar-refractivity contribution in [2.75, 3.05) is 10.8 Å². The minimum atomic E-state index is -4.11. The van der Waals surface area contributed by atoms with Crippen molar-refractivity contribution in [2.24, 2.45) is 0 Å². The van der Waals surface area contributed by atoms with E-state index < -0.39 is 28.5 Å². The fraction of sp³-hybridized carbons (Fsp3) is 0.333. The molecule has 208 valence electrons. The minimum Gasteiger partial charge on any atom is -0.352 e. The quantitative estimate of drug-likeness (QED) is 0.331. The Labute approximate surface area is 236 Å². The summed E-state index contributed by atoms with van der Waals surface area (Å²) in [5.74, 6) is -0.851. The lowest BCUT2D eigenvalue weighted by molar-refractivity contribution is -0.139. The molecule has 9 heteroatoms. The zero-order chi connectivity index (χ0) is 28.7. The Kier molecular flexibility index (Phi) is 10.2. The van der Waals surface area contributed by atoms with Gasteiger partial charge in [-0.05, 0) is 75.1 Å². The normalized spacial score (nSPS) is 12.9. The number of carbonyl (C=O) groups is 2. The number of sulfonamides is 1. The van der Waals surface area contributed by atoms with Gasteiger partial charge in [-0.3, -0.25) is 13.9 Å². The summed E-state index contributed by atoms with van der Waals surface area (Å²) in [6, 6.07) is 19.5. The third-order valence-corrected chi connectivity index (χ3v) is 9.06. The van der Waals surface area contributed by atoms with Gasteiger partial charge in [0, 0.05) is 17.6 Å². The Hall–Kier alpha value is -3.36. The van der Waals surface area contributed by atoms with Gasteiger partial charge in [-0.25, -0.2) is 8.42 Å². The standard InChI is InChI=1S/C30H36ClN3O4S/c1-6-22(3)32-30(36)24(5)33(19-25-14-10-11-17-27(25)31)29(35)20-34(28-18-12-13-21(2)23(28)4)39(37,38)26-15-8-7-9-16-26/h7-18,22,24H,6,19-20H2,1-5H3,(H,32,36)/t22-,24-/m0/s1. The molecule has 7 nitrogen and oxygen atoms in total. The van der Waals surface area contributed by atoms with Gasteiger partial charge in [-0.1, -0.05) is 67.1 Å². The summed E-state index contributed by atoms with van der Waals surface area (Å²) >= 11 is 6.41. The topological polar surface area (TPSA) is 86.8 Å². The van der Waals surface area contributed by atoms with Crippen LogP contribution in [0.2, 0.25) is 5.02 Å². The molecule has 0 aliphatic carbocycles. The van der Waals surface area contributed by atoms with Crippen molar-refractivity contribution in [1.29, 1.82) is 0 Å². The number of aryl methyl sites for hydroxylation is 1. The summed E-state index contributed by atoms with van der Waals surface area (Å²) in [7, 11) is -4.11. The van der Waals surface area contributed by atoms with E-state index in [0.29, 0.717) is 16.3 Å². The van der Waals surface area contributed by atoms with Crippen molar-refractivity contribution in [3.05, 3.63) is 94.5 Å². The van der Waals surface area contributed by atoms with Crippen LogP contribution in [0, 0.1) is 13.8 Å². The SMILES string of the molecule is CC[C@H](C)NC(=O)[C@H](C)N(Cc1ccccc1Cl)C(=O)CN(c1cccc(C)c1C)S(=O)(=O)c1ccccc1. The highest BCUT2D eigenvalue weighted by molar-refractivity contribution is 7.92. The predicted octanol–water partition coefficient (Wildman–Crippen LogP) is 5.48. The van der Waals surface area contributed by atoms with E-state index in [-0.39, 0.29) is 23.4 Å². The van der Waals surface area contributed by atoms with E-state index in [9.17, 15) is 18.0 Å². The maximum atomic E-state index is 14.0. The van der Waals surface area contributed by atoms with E-state index >= 15 is 0 Å². The monoisotopic (exact) mass is 569 g/mol. The molecule has 0 fully saturated rings. The van der Waals surface area contributed by atoms with Crippen LogP contribution in [-0.2, 0) is 26.2 Å². The van der Waals surface area contributed by atoms with Crippen LogP contribution in [0.25, 0.3) is 0 Å². The molecule has 2 atom stereocenters. The molecule has 0 heterocycles. The molecule has 3 aromatic rings. The lowest BCUT2D eigenvalue weighted by Gasteiger charge is -2.33. The third kappa shape index (κ3) is 7.19. The Morgan fingerprint density at radius 2 is 1.56 bits per heavy atom. The van der Waals surface area contributed by atoms with E-state index in [1.54, 1.807) is 61.5 Å². The second kappa shape index (κ2) is 13.1. The molecule has 39 heavy (non-hydrogen) atoms. The van der Waals surface area contributed by atoms with Gasteiger partial charge in [0.2, 0.25) is 11.8 Å². The first-order valence-corrected chi connectivity index (χ1v) is 14.8. The first kappa shape index (κ1) is 30.2.